The number of ether oxygens (including phenoxy) is 2. The molecule has 0 unspecified atom stereocenters. The first-order valence-corrected chi connectivity index (χ1v) is 22.4. The third-order valence-electron chi connectivity index (χ3n) is 10.3. The molecule has 332 valence electrons. The van der Waals surface area contributed by atoms with Crippen LogP contribution in [0.2, 0.25) is 10.0 Å². The highest BCUT2D eigenvalue weighted by Gasteiger charge is 2.28. The van der Waals surface area contributed by atoms with Crippen LogP contribution in [0.15, 0.2) is 53.5 Å². The Hall–Kier alpha value is -4.00. The van der Waals surface area contributed by atoms with Gasteiger partial charge in [-0.15, -0.1) is 0 Å². The number of aromatic nitrogens is 6. The van der Waals surface area contributed by atoms with Crippen molar-refractivity contribution in [3.05, 3.63) is 86.3 Å². The maximum absolute atomic E-state index is 12.3. The quantitative estimate of drug-likeness (QED) is 0.232. The van der Waals surface area contributed by atoms with Gasteiger partial charge in [-0.05, 0) is 76.9 Å². The van der Waals surface area contributed by atoms with Gasteiger partial charge in [-0.2, -0.15) is 10.2 Å². The van der Waals surface area contributed by atoms with Crippen molar-refractivity contribution in [3.63, 3.8) is 0 Å². The standard InChI is InChI=1S/C21H29ClN6O2.C16H22BrClN2O2.C5H8N4/c1-21(2,3)30-20(29)26-8-6-25(7-9-26)13-16-4-5-17(22)12-18(16)27-10-11-28-19(14-27)23-15-24-28;1-16(2,3)22-15(21)20-8-6-19(7-9-20)11-12-4-5-13(18)10-14(12)17;1-2-9-5(3-6-1)7-4-8-9/h4-5,12,15H,6-11,13-14H2,1-3H3;4-5,10H,6-9,11H2,1-3H3;4,6H,1-3H2. The van der Waals surface area contributed by atoms with E-state index in [4.69, 9.17) is 32.7 Å². The Kier molecular flexibility index (Phi) is 15.9. The molecule has 0 saturated carbocycles. The molecular weight excluding hydrogens is 887 g/mol. The number of carbonyl (C=O) groups is 2. The summed E-state index contributed by atoms with van der Waals surface area (Å²) in [6.07, 6.45) is 2.76. The molecule has 61 heavy (non-hydrogen) atoms. The van der Waals surface area contributed by atoms with Crippen LogP contribution in [0, 0.1) is 0 Å². The van der Waals surface area contributed by atoms with Gasteiger partial charge >= 0.3 is 12.2 Å². The molecule has 19 heteroatoms. The van der Waals surface area contributed by atoms with E-state index in [0.717, 1.165) is 110 Å². The summed E-state index contributed by atoms with van der Waals surface area (Å²) in [6, 6.07) is 11.9. The number of carbonyl (C=O) groups excluding carboxylic acids is 2. The second kappa shape index (κ2) is 20.9. The topological polar surface area (TPSA) is 142 Å². The second-order valence-corrected chi connectivity index (χ2v) is 19.1. The fourth-order valence-corrected chi connectivity index (χ4v) is 8.17. The minimum absolute atomic E-state index is 0.222. The predicted molar refractivity (Wildman–Crippen MR) is 240 cm³/mol. The van der Waals surface area contributed by atoms with Crippen LogP contribution < -0.4 is 10.2 Å². The molecule has 4 aromatic rings. The first-order chi connectivity index (χ1) is 29.0. The van der Waals surface area contributed by atoms with Gasteiger partial charge in [-0.3, -0.25) is 9.80 Å². The van der Waals surface area contributed by atoms with Gasteiger partial charge in [-0.25, -0.2) is 28.9 Å². The van der Waals surface area contributed by atoms with E-state index in [1.807, 2.05) is 81.2 Å². The lowest BCUT2D eigenvalue weighted by molar-refractivity contribution is 0.0129. The number of rotatable bonds is 5. The summed E-state index contributed by atoms with van der Waals surface area (Å²) in [5.74, 6) is 2.01. The summed E-state index contributed by atoms with van der Waals surface area (Å²) in [5, 5.41) is 12.9. The van der Waals surface area contributed by atoms with Gasteiger partial charge < -0.3 is 29.5 Å². The number of benzene rings is 2. The number of nitrogens with one attached hydrogen (secondary N) is 1. The molecule has 4 aliphatic heterocycles. The molecule has 0 bridgehead atoms. The van der Waals surface area contributed by atoms with Crippen molar-refractivity contribution in [2.45, 2.75) is 92.0 Å². The van der Waals surface area contributed by atoms with Gasteiger partial charge in [0.1, 0.15) is 35.5 Å². The molecule has 0 atom stereocenters. The summed E-state index contributed by atoms with van der Waals surface area (Å²) in [5.41, 5.74) is 2.67. The zero-order valence-corrected chi connectivity index (χ0v) is 39.2. The van der Waals surface area contributed by atoms with Crippen LogP contribution >= 0.6 is 39.1 Å². The molecule has 2 fully saturated rings. The van der Waals surface area contributed by atoms with Gasteiger partial charge in [0.05, 0.1) is 26.2 Å². The molecule has 0 aliphatic carbocycles. The highest BCUT2D eigenvalue weighted by atomic mass is 79.9. The largest absolute Gasteiger partial charge is 0.444 e. The Balaban J connectivity index is 0.000000174. The molecule has 2 amide bonds. The fraction of sp³-hybridized carbons (Fsp3) is 0.571. The number of anilines is 1. The minimum atomic E-state index is -0.467. The third kappa shape index (κ3) is 14.0. The van der Waals surface area contributed by atoms with Crippen LogP contribution in [-0.2, 0) is 48.7 Å². The minimum Gasteiger partial charge on any atom is -0.444 e. The maximum Gasteiger partial charge on any atom is 0.410 e. The van der Waals surface area contributed by atoms with E-state index in [0.29, 0.717) is 26.2 Å². The fourth-order valence-electron chi connectivity index (χ4n) is 7.19. The first kappa shape index (κ1) is 46.5. The maximum atomic E-state index is 12.3. The molecule has 0 radical (unpaired) electrons. The Bertz CT molecular complexity index is 2050. The van der Waals surface area contributed by atoms with Crippen molar-refractivity contribution in [2.75, 3.05) is 70.3 Å². The number of halogens is 3. The van der Waals surface area contributed by atoms with E-state index in [9.17, 15) is 9.59 Å². The summed E-state index contributed by atoms with van der Waals surface area (Å²) in [4.78, 5) is 43.3. The van der Waals surface area contributed by atoms with Crippen LogP contribution in [0.4, 0.5) is 15.3 Å². The van der Waals surface area contributed by atoms with Gasteiger partial charge in [0.15, 0.2) is 0 Å². The van der Waals surface area contributed by atoms with Gasteiger partial charge in [0.2, 0.25) is 0 Å². The Morgan fingerprint density at radius 2 is 1.18 bits per heavy atom. The van der Waals surface area contributed by atoms with E-state index in [-0.39, 0.29) is 12.2 Å². The average Bonchev–Trinajstić information content (AvgIpc) is 3.89. The molecule has 2 aromatic heterocycles. The van der Waals surface area contributed by atoms with Crippen LogP contribution in [0.5, 0.6) is 0 Å². The Morgan fingerprint density at radius 3 is 1.72 bits per heavy atom. The van der Waals surface area contributed by atoms with Crippen molar-refractivity contribution >= 4 is 57.0 Å². The number of hydrogen-bond acceptors (Lipinski definition) is 12. The molecule has 2 aromatic carbocycles. The van der Waals surface area contributed by atoms with Crippen molar-refractivity contribution in [1.29, 1.82) is 0 Å². The van der Waals surface area contributed by atoms with E-state index in [1.54, 1.807) is 22.5 Å². The zero-order valence-electron chi connectivity index (χ0n) is 36.1. The SMILES string of the molecule is CC(C)(C)OC(=O)N1CCN(Cc2ccc(Cl)cc2Br)CC1.CC(C)(C)OC(=O)N1CCN(Cc2ccc(Cl)cc2N2CCn3ncnc3C2)CC1.c1nc2n(n1)CCNC2. The molecule has 16 nitrogen and oxygen atoms in total. The van der Waals surface area contributed by atoms with E-state index in [2.05, 4.69) is 62.2 Å². The number of fused-ring (bicyclic) bond motifs is 2. The van der Waals surface area contributed by atoms with Crippen molar-refractivity contribution in [2.24, 2.45) is 0 Å². The molecule has 0 spiro atoms. The molecule has 1 N–H and O–H groups in total. The van der Waals surface area contributed by atoms with E-state index >= 15 is 0 Å². The Morgan fingerprint density at radius 1 is 0.672 bits per heavy atom. The van der Waals surface area contributed by atoms with Gasteiger partial charge in [0.25, 0.3) is 0 Å². The molecule has 2 saturated heterocycles. The number of nitrogens with zero attached hydrogens (tertiary/aromatic N) is 11. The normalized spacial score (nSPS) is 17.3. The third-order valence-corrected chi connectivity index (χ3v) is 11.5. The van der Waals surface area contributed by atoms with Crippen LogP contribution in [0.1, 0.15) is 64.3 Å². The van der Waals surface area contributed by atoms with Gasteiger partial charge in [-0.1, -0.05) is 51.3 Å². The highest BCUT2D eigenvalue weighted by Crippen LogP contribution is 2.29. The molecule has 8 rings (SSSR count). The highest BCUT2D eigenvalue weighted by molar-refractivity contribution is 9.10. The summed E-state index contributed by atoms with van der Waals surface area (Å²) < 4.78 is 15.8. The molecule has 6 heterocycles. The summed E-state index contributed by atoms with van der Waals surface area (Å²) in [6.45, 7) is 24.3. The predicted octanol–water partition coefficient (Wildman–Crippen LogP) is 6.54. The molecular formula is C42H59BrCl2N12O4. The zero-order chi connectivity index (χ0) is 43.7. The van der Waals surface area contributed by atoms with Crippen LogP contribution in [0.25, 0.3) is 0 Å². The summed E-state index contributed by atoms with van der Waals surface area (Å²) >= 11 is 15.8. The second-order valence-electron chi connectivity index (χ2n) is 17.4. The molecule has 4 aliphatic rings. The van der Waals surface area contributed by atoms with Crippen molar-refractivity contribution in [3.8, 4) is 0 Å². The lowest BCUT2D eigenvalue weighted by Crippen LogP contribution is -2.49. The number of amides is 2. The van der Waals surface area contributed by atoms with Crippen LogP contribution in [0.3, 0.4) is 0 Å². The average molecular weight is 947 g/mol. The summed E-state index contributed by atoms with van der Waals surface area (Å²) in [7, 11) is 0. The monoisotopic (exact) mass is 944 g/mol. The van der Waals surface area contributed by atoms with Gasteiger partial charge in [0, 0.05) is 98.7 Å². The van der Waals surface area contributed by atoms with Crippen molar-refractivity contribution in [1.82, 2.24) is 54.4 Å². The smallest absolute Gasteiger partial charge is 0.410 e. The first-order valence-electron chi connectivity index (χ1n) is 20.8. The van der Waals surface area contributed by atoms with E-state index < -0.39 is 11.2 Å². The van der Waals surface area contributed by atoms with Crippen molar-refractivity contribution < 1.29 is 19.1 Å². The lowest BCUT2D eigenvalue weighted by atomic mass is 10.1. The van der Waals surface area contributed by atoms with E-state index in [1.165, 1.54) is 11.1 Å². The Labute approximate surface area is 377 Å². The van der Waals surface area contributed by atoms with Crippen LogP contribution in [-0.4, -0.2) is 138 Å². The number of piperazine rings is 2. The lowest BCUT2D eigenvalue weighted by Gasteiger charge is -2.36. The number of hydrogen-bond donors (Lipinski definition) is 1.